The van der Waals surface area contributed by atoms with Gasteiger partial charge in [-0.05, 0) is 55.3 Å². The summed E-state index contributed by atoms with van der Waals surface area (Å²) in [4.78, 5) is 24.3. The monoisotopic (exact) mass is 466 g/mol. The smallest absolute Gasteiger partial charge is 0.248 e. The van der Waals surface area contributed by atoms with Gasteiger partial charge in [0, 0.05) is 34.8 Å². The van der Waals surface area contributed by atoms with Crippen LogP contribution in [0.1, 0.15) is 37.5 Å². The van der Waals surface area contributed by atoms with Crippen LogP contribution >= 0.6 is 11.6 Å². The van der Waals surface area contributed by atoms with E-state index < -0.39 is 0 Å². The van der Waals surface area contributed by atoms with Gasteiger partial charge >= 0.3 is 0 Å². The van der Waals surface area contributed by atoms with Crippen molar-refractivity contribution in [3.8, 4) is 17.1 Å². The molecule has 0 unspecified atom stereocenters. The summed E-state index contributed by atoms with van der Waals surface area (Å²) in [5.74, 6) is 1.28. The number of carbonyl (C=O) groups is 2. The van der Waals surface area contributed by atoms with Gasteiger partial charge in [0.15, 0.2) is 0 Å². The van der Waals surface area contributed by atoms with E-state index in [0.717, 1.165) is 24.0 Å². The molecule has 0 saturated carbocycles. The molecule has 172 valence electrons. The first kappa shape index (κ1) is 24.1. The number of methoxy groups -OCH3 is 1. The molecule has 0 aliphatic carbocycles. The fraction of sp³-hybridized carbons (Fsp3) is 0.231. The molecule has 2 amide bonds. The number of nitrogens with one attached hydrogen (secondary N) is 2. The maximum Gasteiger partial charge on any atom is 0.248 e. The van der Waals surface area contributed by atoms with Crippen LogP contribution in [-0.4, -0.2) is 18.9 Å². The van der Waals surface area contributed by atoms with Crippen LogP contribution < -0.4 is 15.4 Å². The van der Waals surface area contributed by atoms with Crippen LogP contribution in [0.5, 0.6) is 5.75 Å². The van der Waals surface area contributed by atoms with Crippen LogP contribution in [0, 0.1) is 6.92 Å². The zero-order valence-electron chi connectivity index (χ0n) is 18.9. The van der Waals surface area contributed by atoms with E-state index in [1.54, 1.807) is 30.3 Å². The number of ether oxygens (including phenoxy) is 1. The van der Waals surface area contributed by atoms with Gasteiger partial charge in [-0.1, -0.05) is 37.1 Å². The number of amides is 2. The van der Waals surface area contributed by atoms with Crippen molar-refractivity contribution in [2.75, 3.05) is 17.7 Å². The summed E-state index contributed by atoms with van der Waals surface area (Å²) in [6.45, 7) is 3.97. The predicted molar refractivity (Wildman–Crippen MR) is 133 cm³/mol. The second-order valence-electron chi connectivity index (χ2n) is 7.56. The second kappa shape index (κ2) is 11.4. The predicted octanol–water partition coefficient (Wildman–Crippen LogP) is 6.70. The third-order valence-corrected chi connectivity index (χ3v) is 5.39. The molecule has 1 heterocycles. The average molecular weight is 467 g/mol. The van der Waals surface area contributed by atoms with Gasteiger partial charge in [-0.15, -0.1) is 0 Å². The number of furan rings is 1. The third-order valence-electron chi connectivity index (χ3n) is 4.98. The summed E-state index contributed by atoms with van der Waals surface area (Å²) in [6, 6.07) is 14.4. The number of rotatable bonds is 9. The Morgan fingerprint density at radius 1 is 1.09 bits per heavy atom. The van der Waals surface area contributed by atoms with Crippen LogP contribution in [0.2, 0.25) is 5.02 Å². The first-order chi connectivity index (χ1) is 15.9. The Morgan fingerprint density at radius 3 is 2.64 bits per heavy atom. The Labute approximate surface area is 198 Å². The highest BCUT2D eigenvalue weighted by atomic mass is 35.5. The van der Waals surface area contributed by atoms with Crippen molar-refractivity contribution < 1.29 is 18.7 Å². The molecule has 0 atom stereocenters. The molecule has 1 aromatic heterocycles. The highest BCUT2D eigenvalue weighted by molar-refractivity contribution is 6.31. The molecule has 6 nitrogen and oxygen atoms in total. The van der Waals surface area contributed by atoms with Gasteiger partial charge in [-0.3, -0.25) is 9.59 Å². The standard InChI is InChI=1S/C26H27ClN2O4/c1-4-5-6-25(30)29-22-12-9-19(16-24(22)32-3)28-26(31)14-11-20-10-13-23(33-20)18-8-7-17(2)21(27)15-18/h7-16H,4-6H2,1-3H3,(H,28,31)(H,29,30)/b14-11+. The fourth-order valence-corrected chi connectivity index (χ4v) is 3.29. The Balaban J connectivity index is 1.63. The summed E-state index contributed by atoms with van der Waals surface area (Å²) in [7, 11) is 1.51. The number of aryl methyl sites for hydroxylation is 1. The molecular formula is C26H27ClN2O4. The normalized spacial score (nSPS) is 10.9. The van der Waals surface area contributed by atoms with Crippen molar-refractivity contribution in [2.45, 2.75) is 33.1 Å². The Hall–Kier alpha value is -3.51. The lowest BCUT2D eigenvalue weighted by Gasteiger charge is -2.12. The van der Waals surface area contributed by atoms with Crippen molar-refractivity contribution in [1.29, 1.82) is 0 Å². The van der Waals surface area contributed by atoms with E-state index in [9.17, 15) is 9.59 Å². The maximum absolute atomic E-state index is 12.4. The van der Waals surface area contributed by atoms with E-state index in [2.05, 4.69) is 10.6 Å². The summed E-state index contributed by atoms with van der Waals surface area (Å²) < 4.78 is 11.2. The quantitative estimate of drug-likeness (QED) is 0.344. The van der Waals surface area contributed by atoms with Gasteiger partial charge in [0.05, 0.1) is 12.8 Å². The van der Waals surface area contributed by atoms with Crippen LogP contribution in [0.3, 0.4) is 0 Å². The lowest BCUT2D eigenvalue weighted by Crippen LogP contribution is -2.12. The molecule has 3 rings (SSSR count). The molecule has 0 spiro atoms. The minimum absolute atomic E-state index is 0.0689. The second-order valence-corrected chi connectivity index (χ2v) is 7.96. The number of hydrogen-bond donors (Lipinski definition) is 2. The van der Waals surface area contributed by atoms with Crippen molar-refractivity contribution in [3.05, 3.63) is 71.0 Å². The van der Waals surface area contributed by atoms with Crippen LogP contribution in [0.25, 0.3) is 17.4 Å². The highest BCUT2D eigenvalue weighted by Crippen LogP contribution is 2.29. The first-order valence-electron chi connectivity index (χ1n) is 10.7. The molecular weight excluding hydrogens is 440 g/mol. The van der Waals surface area contributed by atoms with Gasteiger partial charge in [0.25, 0.3) is 0 Å². The fourth-order valence-electron chi connectivity index (χ4n) is 3.11. The molecule has 0 aliphatic rings. The first-order valence-corrected chi connectivity index (χ1v) is 11.1. The Morgan fingerprint density at radius 2 is 1.91 bits per heavy atom. The molecule has 2 aromatic carbocycles. The molecule has 2 N–H and O–H groups in total. The van der Waals surface area contributed by atoms with E-state index >= 15 is 0 Å². The summed E-state index contributed by atoms with van der Waals surface area (Å²) in [6.07, 6.45) is 5.20. The third kappa shape index (κ3) is 6.73. The zero-order valence-corrected chi connectivity index (χ0v) is 19.7. The number of halogens is 1. The number of hydrogen-bond acceptors (Lipinski definition) is 4. The minimum Gasteiger partial charge on any atom is -0.494 e. The summed E-state index contributed by atoms with van der Waals surface area (Å²) in [5, 5.41) is 6.28. The van der Waals surface area contributed by atoms with Crippen LogP contribution in [-0.2, 0) is 9.59 Å². The highest BCUT2D eigenvalue weighted by Gasteiger charge is 2.10. The van der Waals surface area contributed by atoms with Gasteiger partial charge < -0.3 is 19.8 Å². The molecule has 7 heteroatoms. The number of benzene rings is 2. The van der Waals surface area contributed by atoms with Gasteiger partial charge in [0.2, 0.25) is 11.8 Å². The van der Waals surface area contributed by atoms with Crippen molar-refractivity contribution in [2.24, 2.45) is 0 Å². The van der Waals surface area contributed by atoms with Crippen molar-refractivity contribution >= 4 is 40.9 Å². The molecule has 3 aromatic rings. The minimum atomic E-state index is -0.326. The van der Waals surface area contributed by atoms with Gasteiger partial charge in [-0.2, -0.15) is 0 Å². The van der Waals surface area contributed by atoms with E-state index in [4.69, 9.17) is 20.8 Å². The van der Waals surface area contributed by atoms with Gasteiger partial charge in [-0.25, -0.2) is 0 Å². The van der Waals surface area contributed by atoms with E-state index in [1.165, 1.54) is 13.2 Å². The molecule has 0 saturated heterocycles. The van der Waals surface area contributed by atoms with Crippen molar-refractivity contribution in [3.63, 3.8) is 0 Å². The zero-order chi connectivity index (χ0) is 23.8. The number of unbranched alkanes of at least 4 members (excludes halogenated alkanes) is 1. The van der Waals surface area contributed by atoms with Crippen molar-refractivity contribution in [1.82, 2.24) is 0 Å². The van der Waals surface area contributed by atoms with E-state index in [-0.39, 0.29) is 11.8 Å². The van der Waals surface area contributed by atoms with E-state index in [1.807, 2.05) is 38.1 Å². The molecule has 0 aliphatic heterocycles. The maximum atomic E-state index is 12.4. The Bertz CT molecular complexity index is 1170. The Kier molecular flexibility index (Phi) is 8.33. The molecule has 0 radical (unpaired) electrons. The van der Waals surface area contributed by atoms with Gasteiger partial charge in [0.1, 0.15) is 17.3 Å². The number of carbonyl (C=O) groups excluding carboxylic acids is 2. The summed E-state index contributed by atoms with van der Waals surface area (Å²) in [5.41, 5.74) is 2.96. The molecule has 33 heavy (non-hydrogen) atoms. The largest absolute Gasteiger partial charge is 0.494 e. The lowest BCUT2D eigenvalue weighted by molar-refractivity contribution is -0.116. The van der Waals surface area contributed by atoms with Crippen LogP contribution in [0.15, 0.2) is 59.0 Å². The number of anilines is 2. The summed E-state index contributed by atoms with van der Waals surface area (Å²) >= 11 is 6.19. The topological polar surface area (TPSA) is 80.6 Å². The lowest BCUT2D eigenvalue weighted by atomic mass is 10.1. The van der Waals surface area contributed by atoms with Crippen LogP contribution in [0.4, 0.5) is 11.4 Å². The average Bonchev–Trinajstić information content (AvgIpc) is 3.28. The molecule has 0 bridgehead atoms. The molecule has 0 fully saturated rings. The van der Waals surface area contributed by atoms with E-state index in [0.29, 0.717) is 40.1 Å². The SMILES string of the molecule is CCCCC(=O)Nc1ccc(NC(=O)/C=C/c2ccc(-c3ccc(C)c(Cl)c3)o2)cc1OC.